The summed E-state index contributed by atoms with van der Waals surface area (Å²) >= 11 is 0. The summed E-state index contributed by atoms with van der Waals surface area (Å²) in [6, 6.07) is 14.6. The summed E-state index contributed by atoms with van der Waals surface area (Å²) in [5, 5.41) is 0.620. The molecule has 0 bridgehead atoms. The summed E-state index contributed by atoms with van der Waals surface area (Å²) < 4.78 is 13.0. The second kappa shape index (κ2) is 8.00. The molecule has 0 saturated carbocycles. The second-order valence-corrected chi connectivity index (χ2v) is 6.33. The molecule has 1 heterocycles. The fraction of sp³-hybridized carbons (Fsp3) is 0.182. The Labute approximate surface area is 162 Å². The van der Waals surface area contributed by atoms with Gasteiger partial charge in [-0.05, 0) is 47.5 Å². The van der Waals surface area contributed by atoms with Gasteiger partial charge >= 0.3 is 0 Å². The van der Waals surface area contributed by atoms with E-state index in [9.17, 15) is 9.59 Å². The zero-order valence-corrected chi connectivity index (χ0v) is 16.3. The molecule has 3 aromatic rings. The molecule has 6 nitrogen and oxygen atoms in total. The minimum atomic E-state index is -0.252. The van der Waals surface area contributed by atoms with Crippen LogP contribution in [0.2, 0.25) is 0 Å². The lowest BCUT2D eigenvalue weighted by Gasteiger charge is -2.06. The first-order valence-electron chi connectivity index (χ1n) is 8.72. The highest BCUT2D eigenvalue weighted by Crippen LogP contribution is 2.12. The maximum absolute atomic E-state index is 12.9. The molecular weight excluding hydrogens is 356 g/mol. The molecule has 0 aliphatic carbocycles. The minimum Gasteiger partial charge on any atom is -0.497 e. The van der Waals surface area contributed by atoms with Crippen LogP contribution in [0.4, 0.5) is 0 Å². The highest BCUT2D eigenvalue weighted by atomic mass is 16.5. The molecule has 0 aliphatic rings. The number of aromatic nitrogens is 2. The van der Waals surface area contributed by atoms with E-state index in [2.05, 4.69) is 0 Å². The summed E-state index contributed by atoms with van der Waals surface area (Å²) in [6.45, 7) is 0. The fourth-order valence-electron chi connectivity index (χ4n) is 2.88. The van der Waals surface area contributed by atoms with Crippen molar-refractivity contribution in [1.82, 2.24) is 9.13 Å². The molecule has 0 saturated heterocycles. The first kappa shape index (κ1) is 19.2. The molecule has 6 heteroatoms. The topological polar surface area (TPSA) is 62.5 Å². The first-order valence-corrected chi connectivity index (χ1v) is 8.72. The number of rotatable bonds is 4. The third-order valence-electron chi connectivity index (χ3n) is 4.61. The molecule has 0 fully saturated rings. The maximum Gasteiger partial charge on any atom is 0.274 e. The third kappa shape index (κ3) is 3.76. The van der Waals surface area contributed by atoms with Gasteiger partial charge in [0.1, 0.15) is 22.2 Å². The molecule has 1 aromatic heterocycles. The normalized spacial score (nSPS) is 12.3. The van der Waals surface area contributed by atoms with E-state index in [4.69, 9.17) is 9.47 Å². The van der Waals surface area contributed by atoms with E-state index in [0.717, 1.165) is 22.6 Å². The number of ether oxygens (including phenoxy) is 2. The van der Waals surface area contributed by atoms with Gasteiger partial charge in [-0.15, -0.1) is 0 Å². The Bertz CT molecular complexity index is 1120. The average Bonchev–Trinajstić information content (AvgIpc) is 2.73. The van der Waals surface area contributed by atoms with Gasteiger partial charge in [0.05, 0.1) is 14.2 Å². The summed E-state index contributed by atoms with van der Waals surface area (Å²) in [7, 11) is 6.39. The lowest BCUT2D eigenvalue weighted by molar-refractivity contribution is 0.414. The molecule has 0 aliphatic heterocycles. The molecule has 0 radical (unpaired) electrons. The van der Waals surface area contributed by atoms with Crippen molar-refractivity contribution in [2.45, 2.75) is 0 Å². The van der Waals surface area contributed by atoms with Crippen LogP contribution in [0.15, 0.2) is 58.1 Å². The van der Waals surface area contributed by atoms with E-state index in [1.165, 1.54) is 9.13 Å². The van der Waals surface area contributed by atoms with Crippen molar-refractivity contribution in [3.05, 3.63) is 91.1 Å². The van der Waals surface area contributed by atoms with Crippen LogP contribution in [0.25, 0.3) is 12.2 Å². The Balaban J connectivity index is 2.18. The van der Waals surface area contributed by atoms with Gasteiger partial charge in [-0.1, -0.05) is 24.3 Å². The molecule has 144 valence electrons. The Morgan fingerprint density at radius 2 is 0.964 bits per heavy atom. The van der Waals surface area contributed by atoms with Crippen LogP contribution in [0.3, 0.4) is 0 Å². The van der Waals surface area contributed by atoms with E-state index >= 15 is 0 Å². The van der Waals surface area contributed by atoms with Crippen molar-refractivity contribution in [3.8, 4) is 11.5 Å². The summed E-state index contributed by atoms with van der Waals surface area (Å²) in [5.41, 5.74) is 1.11. The Morgan fingerprint density at radius 1 is 0.643 bits per heavy atom. The van der Waals surface area contributed by atoms with Crippen LogP contribution < -0.4 is 31.3 Å². The predicted octanol–water partition coefficient (Wildman–Crippen LogP) is 0.759. The molecule has 0 unspecified atom stereocenters. The predicted molar refractivity (Wildman–Crippen MR) is 109 cm³/mol. The SMILES string of the molecule is COc1ccc(/C=c2/c(=O)n(C)/c(=C/c3ccc(OC)cc3)c(=O)n2C)cc1. The van der Waals surface area contributed by atoms with E-state index in [1.54, 1.807) is 64.7 Å². The highest BCUT2D eigenvalue weighted by Gasteiger charge is 2.06. The van der Waals surface area contributed by atoms with Crippen molar-refractivity contribution >= 4 is 12.2 Å². The van der Waals surface area contributed by atoms with Gasteiger partial charge in [-0.2, -0.15) is 0 Å². The van der Waals surface area contributed by atoms with E-state index in [-0.39, 0.29) is 11.1 Å². The zero-order valence-electron chi connectivity index (χ0n) is 16.3. The first-order chi connectivity index (χ1) is 13.4. The van der Waals surface area contributed by atoms with Crippen LogP contribution in [-0.2, 0) is 14.1 Å². The molecule has 0 N–H and O–H groups in total. The zero-order chi connectivity index (χ0) is 20.3. The summed E-state index contributed by atoms with van der Waals surface area (Å²) in [4.78, 5) is 25.8. The minimum absolute atomic E-state index is 0.252. The summed E-state index contributed by atoms with van der Waals surface area (Å²) in [5.74, 6) is 1.45. The third-order valence-corrected chi connectivity index (χ3v) is 4.61. The van der Waals surface area contributed by atoms with Crippen molar-refractivity contribution in [2.75, 3.05) is 14.2 Å². The molecule has 0 spiro atoms. The van der Waals surface area contributed by atoms with E-state index in [0.29, 0.717) is 10.7 Å². The van der Waals surface area contributed by atoms with Gasteiger partial charge in [-0.25, -0.2) is 0 Å². The van der Waals surface area contributed by atoms with Crippen molar-refractivity contribution in [1.29, 1.82) is 0 Å². The van der Waals surface area contributed by atoms with Gasteiger partial charge in [0.15, 0.2) is 0 Å². The van der Waals surface area contributed by atoms with Crippen LogP contribution in [0.1, 0.15) is 11.1 Å². The number of hydrogen-bond acceptors (Lipinski definition) is 4. The standard InChI is InChI=1S/C22H22N2O4/c1-23-19(13-15-5-9-17(27-3)10-6-15)22(26)24(2)20(21(23)25)14-16-7-11-18(28-4)12-8-16/h5-14H,1-4H3/b19-13-,20-14+. The number of methoxy groups -OCH3 is 2. The summed E-state index contributed by atoms with van der Waals surface area (Å²) in [6.07, 6.45) is 3.39. The molecule has 0 amide bonds. The Kier molecular flexibility index (Phi) is 5.49. The van der Waals surface area contributed by atoms with Gasteiger partial charge < -0.3 is 18.6 Å². The Hall–Kier alpha value is -3.54. The molecule has 3 rings (SSSR count). The smallest absolute Gasteiger partial charge is 0.274 e. The number of nitrogens with zero attached hydrogens (tertiary/aromatic N) is 2. The highest BCUT2D eigenvalue weighted by molar-refractivity contribution is 5.51. The van der Waals surface area contributed by atoms with Crippen molar-refractivity contribution in [2.24, 2.45) is 14.1 Å². The van der Waals surface area contributed by atoms with Crippen molar-refractivity contribution < 1.29 is 9.47 Å². The van der Waals surface area contributed by atoms with E-state index in [1.807, 2.05) is 24.3 Å². The lowest BCUT2D eigenvalue weighted by atomic mass is 10.2. The average molecular weight is 378 g/mol. The number of hydrogen-bond donors (Lipinski definition) is 0. The number of benzene rings is 2. The lowest BCUT2D eigenvalue weighted by Crippen LogP contribution is -2.56. The maximum atomic E-state index is 12.9. The molecular formula is C22H22N2O4. The van der Waals surface area contributed by atoms with Crippen LogP contribution in [0, 0.1) is 0 Å². The van der Waals surface area contributed by atoms with Gasteiger partial charge in [-0.3, -0.25) is 9.59 Å². The Morgan fingerprint density at radius 3 is 1.25 bits per heavy atom. The van der Waals surface area contributed by atoms with Crippen LogP contribution in [-0.4, -0.2) is 23.4 Å². The van der Waals surface area contributed by atoms with Crippen LogP contribution >= 0.6 is 0 Å². The van der Waals surface area contributed by atoms with E-state index < -0.39 is 0 Å². The fourth-order valence-corrected chi connectivity index (χ4v) is 2.88. The van der Waals surface area contributed by atoms with Gasteiger partial charge in [0.2, 0.25) is 0 Å². The van der Waals surface area contributed by atoms with Crippen molar-refractivity contribution in [3.63, 3.8) is 0 Å². The monoisotopic (exact) mass is 378 g/mol. The quantitative estimate of drug-likeness (QED) is 0.673. The van der Waals surface area contributed by atoms with Gasteiger partial charge in [0.25, 0.3) is 11.1 Å². The molecule has 28 heavy (non-hydrogen) atoms. The van der Waals surface area contributed by atoms with Gasteiger partial charge in [0, 0.05) is 14.1 Å². The van der Waals surface area contributed by atoms with Crippen LogP contribution in [0.5, 0.6) is 11.5 Å². The largest absolute Gasteiger partial charge is 0.497 e. The second-order valence-electron chi connectivity index (χ2n) is 6.33. The molecule has 2 aromatic carbocycles. The molecule has 0 atom stereocenters.